The molecule has 0 spiro atoms. The molecule has 5 nitrogen and oxygen atoms in total. The Morgan fingerprint density at radius 3 is 2.88 bits per heavy atom. The predicted molar refractivity (Wildman–Crippen MR) is 61.1 cm³/mol. The third kappa shape index (κ3) is 3.38. The van der Waals surface area contributed by atoms with Crippen molar-refractivity contribution in [3.05, 3.63) is 59.2 Å². The molecule has 0 aromatic heterocycles. The van der Waals surface area contributed by atoms with E-state index in [9.17, 15) is 14.9 Å². The van der Waals surface area contributed by atoms with Crippen molar-refractivity contribution in [3.63, 3.8) is 0 Å². The monoisotopic (exact) mass is 218 g/mol. The number of nitrogens with one attached hydrogen (secondary N) is 1. The summed E-state index contributed by atoms with van der Waals surface area (Å²) < 4.78 is 0. The Kier molecular flexibility index (Phi) is 3.97. The summed E-state index contributed by atoms with van der Waals surface area (Å²) in [6.45, 7) is 3.42. The number of non-ortho nitro benzene ring substituents is 1. The molecular weight excluding hydrogens is 208 g/mol. The molecule has 0 radical (unpaired) electrons. The van der Waals surface area contributed by atoms with Crippen molar-refractivity contribution in [2.45, 2.75) is 0 Å². The van der Waals surface area contributed by atoms with E-state index in [0.29, 0.717) is 5.69 Å². The summed E-state index contributed by atoms with van der Waals surface area (Å²) in [4.78, 5) is 21.2. The van der Waals surface area contributed by atoms with Crippen molar-refractivity contribution in [2.75, 3.05) is 5.32 Å². The van der Waals surface area contributed by atoms with Gasteiger partial charge in [-0.1, -0.05) is 24.8 Å². The Morgan fingerprint density at radius 1 is 1.50 bits per heavy atom. The van der Waals surface area contributed by atoms with Gasteiger partial charge in [-0.05, 0) is 6.07 Å². The predicted octanol–water partition coefficient (Wildman–Crippen LogP) is 2.28. The van der Waals surface area contributed by atoms with E-state index >= 15 is 0 Å². The molecule has 0 saturated carbocycles. The summed E-state index contributed by atoms with van der Waals surface area (Å²) >= 11 is 0. The molecule has 0 heterocycles. The number of nitro benzene ring substituents is 1. The van der Waals surface area contributed by atoms with Crippen LogP contribution in [0.3, 0.4) is 0 Å². The molecule has 0 aliphatic carbocycles. The van der Waals surface area contributed by atoms with Crippen molar-refractivity contribution in [2.24, 2.45) is 0 Å². The first kappa shape index (κ1) is 11.6. The van der Waals surface area contributed by atoms with Crippen LogP contribution in [0.25, 0.3) is 0 Å². The van der Waals surface area contributed by atoms with E-state index in [1.807, 2.05) is 0 Å². The highest BCUT2D eigenvalue weighted by molar-refractivity contribution is 5.99. The summed E-state index contributed by atoms with van der Waals surface area (Å²) in [6.07, 6.45) is 4.23. The average Bonchev–Trinajstić information content (AvgIpc) is 2.26. The molecule has 0 unspecified atom stereocenters. The van der Waals surface area contributed by atoms with Gasteiger partial charge in [0.25, 0.3) is 5.69 Å². The Hall–Kier alpha value is -2.43. The first-order chi connectivity index (χ1) is 7.63. The van der Waals surface area contributed by atoms with Gasteiger partial charge >= 0.3 is 0 Å². The summed E-state index contributed by atoms with van der Waals surface area (Å²) in [5, 5.41) is 13.0. The summed E-state index contributed by atoms with van der Waals surface area (Å²) in [5.74, 6) is -0.361. The van der Waals surface area contributed by atoms with Crippen LogP contribution < -0.4 is 5.32 Å². The lowest BCUT2D eigenvalue weighted by Gasteiger charge is -2.00. The van der Waals surface area contributed by atoms with Gasteiger partial charge in [-0.15, -0.1) is 0 Å². The molecule has 0 aliphatic rings. The number of nitro groups is 1. The van der Waals surface area contributed by atoms with Crippen molar-refractivity contribution in [3.8, 4) is 0 Å². The van der Waals surface area contributed by atoms with Crippen LogP contribution in [0.2, 0.25) is 0 Å². The number of carbonyl (C=O) groups is 1. The first-order valence-electron chi connectivity index (χ1n) is 4.48. The van der Waals surface area contributed by atoms with Crippen LogP contribution in [0.15, 0.2) is 49.1 Å². The molecule has 1 aromatic rings. The smallest absolute Gasteiger partial charge is 0.271 e. The number of hydrogen-bond acceptors (Lipinski definition) is 3. The Bertz CT molecular complexity index is 452. The summed E-state index contributed by atoms with van der Waals surface area (Å²) in [6, 6.07) is 5.73. The highest BCUT2D eigenvalue weighted by Gasteiger charge is 2.06. The second-order valence-corrected chi connectivity index (χ2v) is 2.89. The largest absolute Gasteiger partial charge is 0.322 e. The van der Waals surface area contributed by atoms with Crippen LogP contribution in [-0.2, 0) is 4.79 Å². The Labute approximate surface area is 92.2 Å². The Balaban J connectivity index is 2.78. The molecule has 16 heavy (non-hydrogen) atoms. The molecule has 82 valence electrons. The lowest BCUT2D eigenvalue weighted by Crippen LogP contribution is -2.07. The fourth-order valence-electron chi connectivity index (χ4n) is 1.04. The van der Waals surface area contributed by atoms with Crippen LogP contribution >= 0.6 is 0 Å². The average molecular weight is 218 g/mol. The third-order valence-electron chi connectivity index (χ3n) is 1.71. The number of carbonyl (C=O) groups excluding carboxylic acids is 1. The van der Waals surface area contributed by atoms with Gasteiger partial charge in [0.05, 0.1) is 4.92 Å². The van der Waals surface area contributed by atoms with Crippen LogP contribution in [0, 0.1) is 10.1 Å². The van der Waals surface area contributed by atoms with Crippen molar-refractivity contribution in [1.82, 2.24) is 0 Å². The number of amides is 1. The maximum atomic E-state index is 11.2. The number of hydrogen-bond donors (Lipinski definition) is 1. The van der Waals surface area contributed by atoms with E-state index < -0.39 is 4.92 Å². The third-order valence-corrected chi connectivity index (χ3v) is 1.71. The molecule has 1 N–H and O–H groups in total. The molecule has 5 heteroatoms. The highest BCUT2D eigenvalue weighted by atomic mass is 16.6. The van der Waals surface area contributed by atoms with E-state index in [1.54, 1.807) is 6.07 Å². The molecule has 0 fully saturated rings. The number of benzene rings is 1. The first-order valence-corrected chi connectivity index (χ1v) is 4.48. The van der Waals surface area contributed by atoms with Crippen molar-refractivity contribution in [1.29, 1.82) is 0 Å². The van der Waals surface area contributed by atoms with Crippen LogP contribution in [-0.4, -0.2) is 10.8 Å². The minimum atomic E-state index is -0.519. The fraction of sp³-hybridized carbons (Fsp3) is 0. The fourth-order valence-corrected chi connectivity index (χ4v) is 1.04. The van der Waals surface area contributed by atoms with Gasteiger partial charge in [0.2, 0.25) is 5.91 Å². The minimum absolute atomic E-state index is 0.0644. The van der Waals surface area contributed by atoms with E-state index in [2.05, 4.69) is 11.9 Å². The zero-order valence-corrected chi connectivity index (χ0v) is 8.42. The van der Waals surface area contributed by atoms with Gasteiger partial charge in [-0.25, -0.2) is 0 Å². The zero-order chi connectivity index (χ0) is 12.0. The van der Waals surface area contributed by atoms with Crippen molar-refractivity contribution < 1.29 is 9.72 Å². The second-order valence-electron chi connectivity index (χ2n) is 2.89. The Morgan fingerprint density at radius 2 is 2.25 bits per heavy atom. The molecule has 0 saturated heterocycles. The topological polar surface area (TPSA) is 72.2 Å². The summed E-state index contributed by atoms with van der Waals surface area (Å²) in [5.41, 5.74) is 0.318. The number of rotatable bonds is 4. The highest BCUT2D eigenvalue weighted by Crippen LogP contribution is 2.16. The van der Waals surface area contributed by atoms with Crippen molar-refractivity contribution >= 4 is 17.3 Å². The van der Waals surface area contributed by atoms with E-state index in [1.165, 1.54) is 36.4 Å². The molecule has 1 aromatic carbocycles. The van der Waals surface area contributed by atoms with Gasteiger partial charge < -0.3 is 5.32 Å². The number of allylic oxidation sites excluding steroid dienone is 2. The molecule has 1 amide bonds. The maximum Gasteiger partial charge on any atom is 0.271 e. The van der Waals surface area contributed by atoms with E-state index in [0.717, 1.165) is 0 Å². The zero-order valence-electron chi connectivity index (χ0n) is 8.42. The van der Waals surface area contributed by atoms with Crippen LogP contribution in [0.1, 0.15) is 0 Å². The minimum Gasteiger partial charge on any atom is -0.322 e. The van der Waals surface area contributed by atoms with E-state index in [4.69, 9.17) is 0 Å². The molecule has 0 atom stereocenters. The number of anilines is 1. The maximum absolute atomic E-state index is 11.2. The SMILES string of the molecule is C=CC=CC(=O)Nc1cccc([N+](=O)[O-])c1. The molecule has 1 rings (SSSR count). The number of nitrogens with zero attached hydrogens (tertiary/aromatic N) is 1. The molecular formula is C11H10N2O3. The molecule has 0 aliphatic heterocycles. The van der Waals surface area contributed by atoms with E-state index in [-0.39, 0.29) is 11.6 Å². The van der Waals surface area contributed by atoms with Crippen LogP contribution in [0.5, 0.6) is 0 Å². The normalized spacial score (nSPS) is 10.0. The van der Waals surface area contributed by atoms with Gasteiger partial charge in [0.15, 0.2) is 0 Å². The summed E-state index contributed by atoms with van der Waals surface area (Å²) in [7, 11) is 0. The lowest BCUT2D eigenvalue weighted by atomic mass is 10.3. The quantitative estimate of drug-likeness (QED) is 0.364. The van der Waals surface area contributed by atoms with Gasteiger partial charge in [0.1, 0.15) is 0 Å². The standard InChI is InChI=1S/C11H10N2O3/c1-2-3-7-11(14)12-9-5-4-6-10(8-9)13(15)16/h2-8H,1H2,(H,12,14). The lowest BCUT2D eigenvalue weighted by molar-refractivity contribution is -0.384. The van der Waals surface area contributed by atoms with Crippen LogP contribution in [0.4, 0.5) is 11.4 Å². The van der Waals surface area contributed by atoms with Gasteiger partial charge in [-0.2, -0.15) is 0 Å². The second kappa shape index (κ2) is 5.45. The van der Waals surface area contributed by atoms with Gasteiger partial charge in [0, 0.05) is 23.9 Å². The van der Waals surface area contributed by atoms with Gasteiger partial charge in [-0.3, -0.25) is 14.9 Å². The molecule has 0 bridgehead atoms.